The van der Waals surface area contributed by atoms with Crippen LogP contribution in [0.15, 0.2) is 291 Å². The first-order valence-electron chi connectivity index (χ1n) is 28.0. The van der Waals surface area contributed by atoms with E-state index in [9.17, 15) is 0 Å². The average Bonchev–Trinajstić information content (AvgIpc) is 3.69. The molecule has 2 aliphatic rings. The van der Waals surface area contributed by atoms with E-state index in [-0.39, 0.29) is 10.8 Å². The first kappa shape index (κ1) is 48.6. The van der Waals surface area contributed by atoms with Crippen molar-refractivity contribution in [2.24, 2.45) is 0 Å². The highest BCUT2D eigenvalue weighted by atomic mass is 15.2. The molecule has 12 aromatic rings. The molecule has 2 nitrogen and oxygen atoms in total. The summed E-state index contributed by atoms with van der Waals surface area (Å²) in [6.07, 6.45) is 0. The van der Waals surface area contributed by atoms with Gasteiger partial charge in [0.2, 0.25) is 0 Å². The van der Waals surface area contributed by atoms with Gasteiger partial charge < -0.3 is 9.80 Å². The molecule has 80 heavy (non-hydrogen) atoms. The Labute approximate surface area is 471 Å². The zero-order valence-corrected chi connectivity index (χ0v) is 45.6. The van der Waals surface area contributed by atoms with Crippen LogP contribution in [0.5, 0.6) is 0 Å². The molecule has 0 N–H and O–H groups in total. The molecule has 0 bridgehead atoms. The van der Waals surface area contributed by atoms with Gasteiger partial charge in [-0.2, -0.15) is 0 Å². The predicted molar refractivity (Wildman–Crippen MR) is 338 cm³/mol. The van der Waals surface area contributed by atoms with E-state index in [2.05, 4.69) is 329 Å². The Kier molecular flexibility index (Phi) is 11.9. The quantitative estimate of drug-likeness (QED) is 0.135. The fourth-order valence-electron chi connectivity index (χ4n) is 12.6. The van der Waals surface area contributed by atoms with Crippen molar-refractivity contribution >= 4 is 34.1 Å². The standard InChI is InChI=1S/C78H60N2/c1-77(2)70-49-64(55-23-13-7-14-24-55)37-45-74(70)80-75-46-38-65(56-25-15-8-16-26-56)50-71(75)78(3,4)73-52-66(51-72(77)76(73)80)63-30-18-29-62(48-63)61-28-17-27-60(47-61)59-35-43-69(44-36-59)79(67-39-31-57(32-40-67)53-19-9-5-10-20-53)68-41-33-58(34-42-68)54-21-11-6-12-22-54/h5-52H,1-4H3. The molecule has 12 aromatic carbocycles. The van der Waals surface area contributed by atoms with Gasteiger partial charge in [-0.25, -0.2) is 0 Å². The molecule has 14 rings (SSSR count). The van der Waals surface area contributed by atoms with E-state index >= 15 is 0 Å². The van der Waals surface area contributed by atoms with E-state index in [0.29, 0.717) is 0 Å². The molecule has 2 aliphatic heterocycles. The minimum atomic E-state index is -0.299. The van der Waals surface area contributed by atoms with E-state index in [1.54, 1.807) is 0 Å². The molecule has 2 heteroatoms. The summed E-state index contributed by atoms with van der Waals surface area (Å²) >= 11 is 0. The summed E-state index contributed by atoms with van der Waals surface area (Å²) in [4.78, 5) is 4.93. The number of benzene rings is 12. The lowest BCUT2D eigenvalue weighted by molar-refractivity contribution is 0.598. The topological polar surface area (TPSA) is 6.48 Å². The van der Waals surface area contributed by atoms with Gasteiger partial charge in [0.05, 0.1) is 17.1 Å². The van der Waals surface area contributed by atoms with Crippen LogP contribution >= 0.6 is 0 Å². The summed E-state index contributed by atoms with van der Waals surface area (Å²) in [6, 6.07) is 107. The molecule has 2 heterocycles. The van der Waals surface area contributed by atoms with Gasteiger partial charge in [0.25, 0.3) is 0 Å². The smallest absolute Gasteiger partial charge is 0.0544 e. The van der Waals surface area contributed by atoms with Crippen molar-refractivity contribution in [1.29, 1.82) is 0 Å². The summed E-state index contributed by atoms with van der Waals surface area (Å²) in [7, 11) is 0. The van der Waals surface area contributed by atoms with E-state index in [0.717, 1.165) is 17.1 Å². The fraction of sp³-hybridized carbons (Fsp3) is 0.0769. The second-order valence-electron chi connectivity index (χ2n) is 22.6. The minimum absolute atomic E-state index is 0.299. The lowest BCUT2D eigenvalue weighted by Crippen LogP contribution is -2.38. The molecule has 0 amide bonds. The summed E-state index contributed by atoms with van der Waals surface area (Å²) in [5, 5.41) is 0. The highest BCUT2D eigenvalue weighted by Crippen LogP contribution is 2.61. The van der Waals surface area contributed by atoms with Gasteiger partial charge in [0.15, 0.2) is 0 Å². The molecular weight excluding hydrogens is 965 g/mol. The fourth-order valence-corrected chi connectivity index (χ4v) is 12.6. The van der Waals surface area contributed by atoms with Gasteiger partial charge in [-0.15, -0.1) is 0 Å². The van der Waals surface area contributed by atoms with Crippen LogP contribution in [0.25, 0.3) is 77.9 Å². The molecule has 0 unspecified atom stereocenters. The van der Waals surface area contributed by atoms with E-state index in [1.165, 1.54) is 117 Å². The van der Waals surface area contributed by atoms with Crippen LogP contribution < -0.4 is 9.80 Å². The lowest BCUT2D eigenvalue weighted by atomic mass is 9.65. The van der Waals surface area contributed by atoms with Crippen molar-refractivity contribution in [2.75, 3.05) is 9.80 Å². The van der Waals surface area contributed by atoms with Gasteiger partial charge in [-0.05, 0) is 185 Å². The van der Waals surface area contributed by atoms with E-state index in [1.807, 2.05) is 0 Å². The molecule has 0 atom stereocenters. The third kappa shape index (κ3) is 8.52. The summed E-state index contributed by atoms with van der Waals surface area (Å²) in [5.41, 5.74) is 28.7. The number of rotatable bonds is 10. The molecule has 382 valence electrons. The first-order valence-corrected chi connectivity index (χ1v) is 28.0. The van der Waals surface area contributed by atoms with Gasteiger partial charge in [0, 0.05) is 27.9 Å². The Hall–Kier alpha value is -9.76. The first-order chi connectivity index (χ1) is 39.2. The van der Waals surface area contributed by atoms with Crippen molar-refractivity contribution < 1.29 is 0 Å². The minimum Gasteiger partial charge on any atom is -0.311 e. The second-order valence-corrected chi connectivity index (χ2v) is 22.6. The van der Waals surface area contributed by atoms with Crippen molar-refractivity contribution in [3.63, 3.8) is 0 Å². The number of hydrogen-bond acceptors (Lipinski definition) is 2. The van der Waals surface area contributed by atoms with Gasteiger partial charge in [-0.1, -0.05) is 234 Å². The third-order valence-corrected chi connectivity index (χ3v) is 17.0. The Balaban J connectivity index is 0.826. The van der Waals surface area contributed by atoms with Gasteiger partial charge in [-0.3, -0.25) is 0 Å². The Morgan fingerprint density at radius 2 is 0.475 bits per heavy atom. The largest absolute Gasteiger partial charge is 0.311 e. The molecule has 0 aliphatic carbocycles. The van der Waals surface area contributed by atoms with Crippen molar-refractivity contribution in [1.82, 2.24) is 0 Å². The van der Waals surface area contributed by atoms with Crippen LogP contribution in [0.4, 0.5) is 34.1 Å². The zero-order chi connectivity index (χ0) is 54.0. The molecule has 0 radical (unpaired) electrons. The maximum absolute atomic E-state index is 2.58. The predicted octanol–water partition coefficient (Wildman–Crippen LogP) is 21.6. The third-order valence-electron chi connectivity index (χ3n) is 17.0. The monoisotopic (exact) mass is 1020 g/mol. The number of fused-ring (bicyclic) bond motifs is 4. The van der Waals surface area contributed by atoms with Crippen LogP contribution in [0.1, 0.15) is 49.9 Å². The van der Waals surface area contributed by atoms with Gasteiger partial charge >= 0.3 is 0 Å². The maximum atomic E-state index is 2.58. The molecule has 0 spiro atoms. The van der Waals surface area contributed by atoms with Crippen LogP contribution in [-0.2, 0) is 10.8 Å². The molecule has 0 fully saturated rings. The SMILES string of the molecule is CC1(C)c2cc(-c3ccccc3)ccc2N2c3ccc(-c4ccccc4)cc3C(C)(C)c3cc(-c4cccc(-c5cccc(-c6ccc(N(c7ccc(-c8ccccc8)cc7)c7ccc(-c8ccccc8)cc7)cc6)c5)c4)cc1c32. The highest BCUT2D eigenvalue weighted by Gasteiger charge is 2.46. The molecule has 0 aromatic heterocycles. The zero-order valence-electron chi connectivity index (χ0n) is 45.6. The van der Waals surface area contributed by atoms with Crippen LogP contribution in [0, 0.1) is 0 Å². The second kappa shape index (κ2) is 19.6. The van der Waals surface area contributed by atoms with Crippen LogP contribution in [0.3, 0.4) is 0 Å². The molecular formula is C78H60N2. The molecule has 0 saturated carbocycles. The van der Waals surface area contributed by atoms with Crippen LogP contribution in [-0.4, -0.2) is 0 Å². The van der Waals surface area contributed by atoms with Crippen molar-refractivity contribution in [3.05, 3.63) is 313 Å². The van der Waals surface area contributed by atoms with Crippen LogP contribution in [0.2, 0.25) is 0 Å². The van der Waals surface area contributed by atoms with E-state index in [4.69, 9.17) is 0 Å². The van der Waals surface area contributed by atoms with Crippen molar-refractivity contribution in [2.45, 2.75) is 38.5 Å². The Bertz CT molecular complexity index is 4030. The van der Waals surface area contributed by atoms with Crippen molar-refractivity contribution in [3.8, 4) is 77.9 Å². The normalized spacial score (nSPS) is 13.4. The maximum Gasteiger partial charge on any atom is 0.0544 e. The highest BCUT2D eigenvalue weighted by molar-refractivity contribution is 5.96. The molecule has 0 saturated heterocycles. The Morgan fingerprint density at radius 3 is 0.838 bits per heavy atom. The average molecular weight is 1030 g/mol. The van der Waals surface area contributed by atoms with E-state index < -0.39 is 0 Å². The number of nitrogens with zero attached hydrogens (tertiary/aromatic N) is 2. The Morgan fingerprint density at radius 1 is 0.225 bits per heavy atom. The summed E-state index contributed by atoms with van der Waals surface area (Å²) in [5.74, 6) is 0. The van der Waals surface area contributed by atoms with Gasteiger partial charge in [0.1, 0.15) is 0 Å². The number of anilines is 6. The summed E-state index contributed by atoms with van der Waals surface area (Å²) < 4.78 is 0. The summed E-state index contributed by atoms with van der Waals surface area (Å²) in [6.45, 7) is 9.71. The lowest BCUT2D eigenvalue weighted by Gasteiger charge is -2.50. The number of hydrogen-bond donors (Lipinski definition) is 0.